The average molecular weight is 390 g/mol. The van der Waals surface area contributed by atoms with Gasteiger partial charge in [0.2, 0.25) is 5.91 Å². The number of nitrogens with zero attached hydrogens (tertiary/aromatic N) is 1. The smallest absolute Gasteiger partial charge is 0.410 e. The minimum atomic E-state index is -0.592. The van der Waals surface area contributed by atoms with Crippen LogP contribution in [-0.4, -0.2) is 60.6 Å². The summed E-state index contributed by atoms with van der Waals surface area (Å²) in [4.78, 5) is 27.0. The van der Waals surface area contributed by atoms with E-state index < -0.39 is 17.7 Å². The van der Waals surface area contributed by atoms with Crippen molar-refractivity contribution < 1.29 is 23.8 Å². The minimum Gasteiger partial charge on any atom is -0.444 e. The lowest BCUT2D eigenvalue weighted by Gasteiger charge is -2.30. The Morgan fingerprint density at radius 2 is 2.04 bits per heavy atom. The third-order valence-corrected chi connectivity index (χ3v) is 4.91. The van der Waals surface area contributed by atoms with Gasteiger partial charge in [-0.3, -0.25) is 9.69 Å². The highest BCUT2D eigenvalue weighted by Gasteiger charge is 2.38. The van der Waals surface area contributed by atoms with Gasteiger partial charge in [0.25, 0.3) is 0 Å². The third-order valence-electron chi connectivity index (χ3n) is 4.91. The van der Waals surface area contributed by atoms with Crippen molar-refractivity contribution in [3.63, 3.8) is 0 Å². The van der Waals surface area contributed by atoms with E-state index in [0.29, 0.717) is 26.0 Å². The molecule has 0 saturated carbocycles. The van der Waals surface area contributed by atoms with Crippen LogP contribution in [0.1, 0.15) is 39.2 Å². The molecule has 0 bridgehead atoms. The molecule has 3 atom stereocenters. The first-order chi connectivity index (χ1) is 13.3. The SMILES string of the molecule is CC(C)(C)OC(=O)N1CCCC1C(=O)NC(Cc1ccccc1)C1COCO1. The van der Waals surface area contributed by atoms with Crippen molar-refractivity contribution in [1.82, 2.24) is 10.2 Å². The van der Waals surface area contributed by atoms with Gasteiger partial charge in [0.1, 0.15) is 24.5 Å². The van der Waals surface area contributed by atoms with E-state index in [1.165, 1.54) is 4.90 Å². The van der Waals surface area contributed by atoms with Crippen LogP contribution in [0.2, 0.25) is 0 Å². The lowest BCUT2D eigenvalue weighted by atomic mass is 10.0. The van der Waals surface area contributed by atoms with E-state index in [1.54, 1.807) is 0 Å². The minimum absolute atomic E-state index is 0.167. The van der Waals surface area contributed by atoms with Gasteiger partial charge >= 0.3 is 6.09 Å². The number of amides is 2. The molecule has 2 aliphatic rings. The first-order valence-corrected chi connectivity index (χ1v) is 9.87. The van der Waals surface area contributed by atoms with E-state index >= 15 is 0 Å². The van der Waals surface area contributed by atoms with E-state index in [2.05, 4.69) is 5.32 Å². The number of rotatable bonds is 5. The second kappa shape index (κ2) is 8.92. The molecule has 154 valence electrons. The van der Waals surface area contributed by atoms with E-state index in [1.807, 2.05) is 51.1 Å². The van der Waals surface area contributed by atoms with Crippen LogP contribution < -0.4 is 5.32 Å². The van der Waals surface area contributed by atoms with Crippen molar-refractivity contribution in [3.05, 3.63) is 35.9 Å². The predicted molar refractivity (Wildman–Crippen MR) is 104 cm³/mol. The predicted octanol–water partition coefficient (Wildman–Crippen LogP) is 2.49. The molecule has 1 aromatic rings. The van der Waals surface area contributed by atoms with Crippen molar-refractivity contribution in [3.8, 4) is 0 Å². The number of likely N-dealkylation sites (tertiary alicyclic amines) is 1. The molecule has 0 aliphatic carbocycles. The molecule has 3 rings (SSSR count). The monoisotopic (exact) mass is 390 g/mol. The maximum Gasteiger partial charge on any atom is 0.410 e. The van der Waals surface area contributed by atoms with Crippen LogP contribution >= 0.6 is 0 Å². The van der Waals surface area contributed by atoms with Crippen molar-refractivity contribution in [2.75, 3.05) is 19.9 Å². The highest BCUT2D eigenvalue weighted by molar-refractivity contribution is 5.86. The quantitative estimate of drug-likeness (QED) is 0.836. The molecule has 0 radical (unpaired) electrons. The summed E-state index contributed by atoms with van der Waals surface area (Å²) < 4.78 is 16.5. The molecular weight excluding hydrogens is 360 g/mol. The highest BCUT2D eigenvalue weighted by atomic mass is 16.7. The van der Waals surface area contributed by atoms with Crippen molar-refractivity contribution >= 4 is 12.0 Å². The van der Waals surface area contributed by atoms with Gasteiger partial charge in [-0.15, -0.1) is 0 Å². The normalized spacial score (nSPS) is 23.5. The molecule has 2 amide bonds. The molecule has 7 nitrogen and oxygen atoms in total. The fourth-order valence-corrected chi connectivity index (χ4v) is 3.58. The fourth-order valence-electron chi connectivity index (χ4n) is 3.58. The van der Waals surface area contributed by atoms with Gasteiger partial charge in [0.05, 0.1) is 12.6 Å². The number of hydrogen-bond donors (Lipinski definition) is 1. The molecule has 2 heterocycles. The van der Waals surface area contributed by atoms with Gasteiger partial charge in [-0.25, -0.2) is 4.79 Å². The molecule has 2 fully saturated rings. The summed E-state index contributed by atoms with van der Waals surface area (Å²) >= 11 is 0. The lowest BCUT2D eigenvalue weighted by molar-refractivity contribution is -0.127. The van der Waals surface area contributed by atoms with Gasteiger partial charge in [0, 0.05) is 6.54 Å². The summed E-state index contributed by atoms with van der Waals surface area (Å²) in [5, 5.41) is 3.10. The van der Waals surface area contributed by atoms with E-state index in [-0.39, 0.29) is 24.8 Å². The van der Waals surface area contributed by atoms with Crippen LogP contribution in [0.5, 0.6) is 0 Å². The molecule has 7 heteroatoms. The van der Waals surface area contributed by atoms with E-state index in [9.17, 15) is 9.59 Å². The van der Waals surface area contributed by atoms with Gasteiger partial charge in [-0.1, -0.05) is 30.3 Å². The van der Waals surface area contributed by atoms with Crippen molar-refractivity contribution in [2.24, 2.45) is 0 Å². The van der Waals surface area contributed by atoms with Crippen LogP contribution in [0.25, 0.3) is 0 Å². The molecule has 2 aliphatic heterocycles. The summed E-state index contributed by atoms with van der Waals surface area (Å²) in [7, 11) is 0. The van der Waals surface area contributed by atoms with Crippen molar-refractivity contribution in [1.29, 1.82) is 0 Å². The maximum absolute atomic E-state index is 13.0. The number of carbonyl (C=O) groups is 2. The number of benzene rings is 1. The van der Waals surface area contributed by atoms with Gasteiger partial charge in [-0.2, -0.15) is 0 Å². The number of hydrogen-bond acceptors (Lipinski definition) is 5. The summed E-state index contributed by atoms with van der Waals surface area (Å²) in [5.41, 5.74) is 0.518. The second-order valence-electron chi connectivity index (χ2n) is 8.33. The number of nitrogens with one attached hydrogen (secondary N) is 1. The Hall–Kier alpha value is -2.12. The Morgan fingerprint density at radius 3 is 2.68 bits per heavy atom. The van der Waals surface area contributed by atoms with Crippen LogP contribution in [0, 0.1) is 0 Å². The van der Waals surface area contributed by atoms with Gasteiger partial charge < -0.3 is 19.5 Å². The molecule has 1 N–H and O–H groups in total. The zero-order valence-corrected chi connectivity index (χ0v) is 16.8. The molecule has 0 aromatic heterocycles. The van der Waals surface area contributed by atoms with Crippen LogP contribution in [0.3, 0.4) is 0 Å². The molecular formula is C21H30N2O5. The first-order valence-electron chi connectivity index (χ1n) is 9.87. The third kappa shape index (κ3) is 5.45. The Morgan fingerprint density at radius 1 is 1.29 bits per heavy atom. The highest BCUT2D eigenvalue weighted by Crippen LogP contribution is 2.22. The van der Waals surface area contributed by atoms with Gasteiger partial charge in [-0.05, 0) is 45.6 Å². The van der Waals surface area contributed by atoms with Crippen LogP contribution in [0.4, 0.5) is 4.79 Å². The summed E-state index contributed by atoms with van der Waals surface area (Å²) in [6, 6.07) is 9.22. The van der Waals surface area contributed by atoms with E-state index in [0.717, 1.165) is 12.0 Å². The standard InChI is InChI=1S/C21H30N2O5/c1-21(2,3)28-20(25)23-11-7-10-17(23)19(24)22-16(18-13-26-14-27-18)12-15-8-5-4-6-9-15/h4-6,8-9,16-18H,7,10-14H2,1-3H3,(H,22,24). The Balaban J connectivity index is 1.67. The first kappa shape index (κ1) is 20.6. The van der Waals surface area contributed by atoms with Crippen LogP contribution in [-0.2, 0) is 25.4 Å². The Labute approximate surface area is 166 Å². The zero-order valence-electron chi connectivity index (χ0n) is 16.8. The molecule has 0 spiro atoms. The summed E-state index contributed by atoms with van der Waals surface area (Å²) in [6.07, 6.45) is 1.40. The molecule has 28 heavy (non-hydrogen) atoms. The zero-order chi connectivity index (χ0) is 20.1. The summed E-state index contributed by atoms with van der Waals surface area (Å²) in [6.45, 7) is 6.67. The topological polar surface area (TPSA) is 77.1 Å². The number of carbonyl (C=O) groups excluding carboxylic acids is 2. The Bertz CT molecular complexity index is 667. The number of ether oxygens (including phenoxy) is 3. The van der Waals surface area contributed by atoms with Crippen LogP contribution in [0.15, 0.2) is 30.3 Å². The second-order valence-corrected chi connectivity index (χ2v) is 8.33. The molecule has 3 unspecified atom stereocenters. The lowest BCUT2D eigenvalue weighted by Crippen LogP contribution is -2.53. The average Bonchev–Trinajstić information content (AvgIpc) is 3.32. The van der Waals surface area contributed by atoms with Gasteiger partial charge in [0.15, 0.2) is 0 Å². The largest absolute Gasteiger partial charge is 0.444 e. The maximum atomic E-state index is 13.0. The molecule has 1 aromatic carbocycles. The Kier molecular flexibility index (Phi) is 6.57. The molecule has 2 saturated heterocycles. The fraction of sp³-hybridized carbons (Fsp3) is 0.619. The van der Waals surface area contributed by atoms with E-state index in [4.69, 9.17) is 14.2 Å². The van der Waals surface area contributed by atoms with Crippen molar-refractivity contribution in [2.45, 2.75) is 63.8 Å². The summed E-state index contributed by atoms with van der Waals surface area (Å²) in [5.74, 6) is -0.167.